The normalized spacial score (nSPS) is 17.7. The Kier molecular flexibility index (Phi) is 3.42. The lowest BCUT2D eigenvalue weighted by Gasteiger charge is -2.16. The number of hydrogen-bond donors (Lipinski definition) is 1. The molecule has 1 nitrogen and oxygen atoms in total. The Morgan fingerprint density at radius 2 is 2.20 bits per heavy atom. The Bertz CT molecular complexity index is 315. The fraction of sp³-hybridized carbons (Fsp3) is 0.571. The molecule has 0 bridgehead atoms. The maximum Gasteiger partial charge on any atom is 0.0317 e. The summed E-state index contributed by atoms with van der Waals surface area (Å²) in [6, 6.07) is 9.41. The first kappa shape index (κ1) is 10.7. The topological polar surface area (TPSA) is 12.0 Å². The number of aryl methyl sites for hydroxylation is 1. The van der Waals surface area contributed by atoms with E-state index < -0.39 is 0 Å². The Morgan fingerprint density at radius 1 is 1.40 bits per heavy atom. The van der Waals surface area contributed by atoms with Crippen molar-refractivity contribution in [2.45, 2.75) is 38.6 Å². The maximum absolute atomic E-state index is 3.43. The second kappa shape index (κ2) is 4.80. The van der Waals surface area contributed by atoms with Gasteiger partial charge in [0.1, 0.15) is 0 Å². The van der Waals surface area contributed by atoms with Gasteiger partial charge in [0, 0.05) is 6.04 Å². The summed E-state index contributed by atoms with van der Waals surface area (Å²) in [5.41, 5.74) is 2.80. The molecule has 1 heteroatoms. The first-order chi connectivity index (χ1) is 7.29. The van der Waals surface area contributed by atoms with Crippen LogP contribution in [-0.4, -0.2) is 7.05 Å². The van der Waals surface area contributed by atoms with Crippen LogP contribution in [0.1, 0.15) is 42.9 Å². The molecule has 1 atom stereocenters. The largest absolute Gasteiger partial charge is 0.313 e. The van der Waals surface area contributed by atoms with Crippen molar-refractivity contribution in [2.75, 3.05) is 7.05 Å². The zero-order chi connectivity index (χ0) is 10.7. The van der Waals surface area contributed by atoms with Crippen molar-refractivity contribution < 1.29 is 0 Å². The minimum atomic E-state index is 0.547. The second-order valence-electron chi connectivity index (χ2n) is 4.78. The van der Waals surface area contributed by atoms with Gasteiger partial charge >= 0.3 is 0 Å². The van der Waals surface area contributed by atoms with Gasteiger partial charge in [-0.05, 0) is 38.3 Å². The van der Waals surface area contributed by atoms with Gasteiger partial charge in [0.25, 0.3) is 0 Å². The average molecular weight is 203 g/mol. The van der Waals surface area contributed by atoms with Crippen LogP contribution in [0.2, 0.25) is 0 Å². The molecule has 0 saturated heterocycles. The smallest absolute Gasteiger partial charge is 0.0317 e. The molecule has 1 saturated carbocycles. The molecule has 0 amide bonds. The van der Waals surface area contributed by atoms with Crippen LogP contribution in [0, 0.1) is 12.8 Å². The zero-order valence-corrected chi connectivity index (χ0v) is 9.79. The lowest BCUT2D eigenvalue weighted by Crippen LogP contribution is -2.16. The van der Waals surface area contributed by atoms with Crippen LogP contribution in [0.25, 0.3) is 0 Å². The average Bonchev–Trinajstić information content (AvgIpc) is 3.03. The van der Waals surface area contributed by atoms with Crippen molar-refractivity contribution in [3.05, 3.63) is 35.4 Å². The molecule has 1 aliphatic rings. The fourth-order valence-electron chi connectivity index (χ4n) is 2.17. The summed E-state index contributed by atoms with van der Waals surface area (Å²) in [4.78, 5) is 0. The highest BCUT2D eigenvalue weighted by atomic mass is 14.9. The predicted octanol–water partition coefficient (Wildman–Crippen LogP) is 3.45. The molecule has 15 heavy (non-hydrogen) atoms. The van der Waals surface area contributed by atoms with Gasteiger partial charge < -0.3 is 5.32 Å². The highest BCUT2D eigenvalue weighted by Crippen LogP contribution is 2.35. The summed E-state index contributed by atoms with van der Waals surface area (Å²) in [7, 11) is 2.07. The van der Waals surface area contributed by atoms with Gasteiger partial charge in [-0.1, -0.05) is 42.7 Å². The molecule has 2 rings (SSSR count). The number of hydrogen-bond acceptors (Lipinski definition) is 1. The second-order valence-corrected chi connectivity index (χ2v) is 4.78. The summed E-state index contributed by atoms with van der Waals surface area (Å²) in [6.45, 7) is 2.16. The molecule has 0 heterocycles. The minimum absolute atomic E-state index is 0.547. The SMILES string of the molecule is CNC(CCC1CC1)c1cccc(C)c1. The standard InChI is InChI=1S/C14H21N/c1-11-4-3-5-13(10-11)14(15-2)9-8-12-6-7-12/h3-5,10,12,14-15H,6-9H2,1-2H3. The van der Waals surface area contributed by atoms with E-state index in [4.69, 9.17) is 0 Å². The summed E-state index contributed by atoms with van der Waals surface area (Å²) >= 11 is 0. The molecule has 1 N–H and O–H groups in total. The van der Waals surface area contributed by atoms with Crippen LogP contribution in [0.4, 0.5) is 0 Å². The van der Waals surface area contributed by atoms with Crippen molar-refractivity contribution in [3.63, 3.8) is 0 Å². The van der Waals surface area contributed by atoms with E-state index in [1.807, 2.05) is 0 Å². The summed E-state index contributed by atoms with van der Waals surface area (Å²) in [5.74, 6) is 1.03. The summed E-state index contributed by atoms with van der Waals surface area (Å²) in [6.07, 6.45) is 5.60. The molecule has 1 unspecified atom stereocenters. The van der Waals surface area contributed by atoms with Gasteiger partial charge in [-0.3, -0.25) is 0 Å². The van der Waals surface area contributed by atoms with E-state index in [-0.39, 0.29) is 0 Å². The molecule has 82 valence electrons. The van der Waals surface area contributed by atoms with Crippen molar-refractivity contribution in [2.24, 2.45) is 5.92 Å². The first-order valence-corrected chi connectivity index (χ1v) is 6.03. The van der Waals surface area contributed by atoms with E-state index >= 15 is 0 Å². The van der Waals surface area contributed by atoms with E-state index in [1.165, 1.54) is 36.8 Å². The first-order valence-electron chi connectivity index (χ1n) is 6.03. The van der Waals surface area contributed by atoms with Crippen molar-refractivity contribution in [1.29, 1.82) is 0 Å². The fourth-order valence-corrected chi connectivity index (χ4v) is 2.17. The van der Waals surface area contributed by atoms with Gasteiger partial charge in [0.05, 0.1) is 0 Å². The van der Waals surface area contributed by atoms with Crippen LogP contribution in [-0.2, 0) is 0 Å². The minimum Gasteiger partial charge on any atom is -0.313 e. The molecule has 0 aliphatic heterocycles. The summed E-state index contributed by atoms with van der Waals surface area (Å²) in [5, 5.41) is 3.43. The Labute approximate surface area is 92.9 Å². The third-order valence-corrected chi connectivity index (χ3v) is 3.35. The van der Waals surface area contributed by atoms with E-state index in [0.717, 1.165) is 5.92 Å². The van der Waals surface area contributed by atoms with Crippen LogP contribution in [0.5, 0.6) is 0 Å². The zero-order valence-electron chi connectivity index (χ0n) is 9.79. The van der Waals surface area contributed by atoms with Gasteiger partial charge in [-0.2, -0.15) is 0 Å². The third kappa shape index (κ3) is 3.07. The molecule has 1 fully saturated rings. The van der Waals surface area contributed by atoms with Gasteiger partial charge in [-0.25, -0.2) is 0 Å². The Hall–Kier alpha value is -0.820. The van der Waals surface area contributed by atoms with Crippen LogP contribution in [0.3, 0.4) is 0 Å². The van der Waals surface area contributed by atoms with Gasteiger partial charge in [0.2, 0.25) is 0 Å². The Balaban J connectivity index is 1.97. The van der Waals surface area contributed by atoms with Crippen molar-refractivity contribution in [1.82, 2.24) is 5.32 Å². The molecule has 1 aromatic rings. The molecular formula is C14H21N. The Morgan fingerprint density at radius 3 is 2.80 bits per heavy atom. The van der Waals surface area contributed by atoms with Crippen molar-refractivity contribution >= 4 is 0 Å². The highest BCUT2D eigenvalue weighted by Gasteiger charge is 2.22. The third-order valence-electron chi connectivity index (χ3n) is 3.35. The van der Waals surface area contributed by atoms with E-state index in [1.54, 1.807) is 0 Å². The van der Waals surface area contributed by atoms with E-state index in [0.29, 0.717) is 6.04 Å². The lowest BCUT2D eigenvalue weighted by molar-refractivity contribution is 0.506. The van der Waals surface area contributed by atoms with Crippen LogP contribution < -0.4 is 5.32 Å². The molecule has 0 radical (unpaired) electrons. The monoisotopic (exact) mass is 203 g/mol. The molecule has 1 aliphatic carbocycles. The maximum atomic E-state index is 3.43. The quantitative estimate of drug-likeness (QED) is 0.773. The molecule has 0 aromatic heterocycles. The molecule has 0 spiro atoms. The molecule has 1 aromatic carbocycles. The van der Waals surface area contributed by atoms with Crippen LogP contribution >= 0.6 is 0 Å². The van der Waals surface area contributed by atoms with E-state index in [2.05, 4.69) is 43.6 Å². The number of rotatable bonds is 5. The molecular weight excluding hydrogens is 182 g/mol. The highest BCUT2D eigenvalue weighted by molar-refractivity contribution is 5.25. The van der Waals surface area contributed by atoms with Crippen LogP contribution in [0.15, 0.2) is 24.3 Å². The van der Waals surface area contributed by atoms with Crippen molar-refractivity contribution in [3.8, 4) is 0 Å². The van der Waals surface area contributed by atoms with Gasteiger partial charge in [-0.15, -0.1) is 0 Å². The number of benzene rings is 1. The number of nitrogens with one attached hydrogen (secondary N) is 1. The lowest BCUT2D eigenvalue weighted by atomic mass is 9.99. The summed E-state index contributed by atoms with van der Waals surface area (Å²) < 4.78 is 0. The predicted molar refractivity (Wildman–Crippen MR) is 64.9 cm³/mol. The van der Waals surface area contributed by atoms with Gasteiger partial charge in [0.15, 0.2) is 0 Å². The van der Waals surface area contributed by atoms with E-state index in [9.17, 15) is 0 Å².